The summed E-state index contributed by atoms with van der Waals surface area (Å²) >= 11 is 0. The van der Waals surface area contributed by atoms with Gasteiger partial charge in [-0.15, -0.1) is 0 Å². The highest BCUT2D eigenvalue weighted by atomic mass is 16.5. The fraction of sp³-hybridized carbons (Fsp3) is 0.600. The van der Waals surface area contributed by atoms with E-state index in [9.17, 15) is 0 Å². The molecule has 100 valence electrons. The summed E-state index contributed by atoms with van der Waals surface area (Å²) < 4.78 is 10.6. The number of hydrogen-bond acceptors (Lipinski definition) is 3. The molecular formula is C15H23NO2. The minimum atomic E-state index is 0.484. The molecule has 18 heavy (non-hydrogen) atoms. The van der Waals surface area contributed by atoms with Crippen LogP contribution in [0.1, 0.15) is 32.6 Å². The van der Waals surface area contributed by atoms with Gasteiger partial charge in [-0.2, -0.15) is 0 Å². The van der Waals surface area contributed by atoms with Crippen LogP contribution in [-0.2, 0) is 0 Å². The Balaban J connectivity index is 1.98. The lowest BCUT2D eigenvalue weighted by Crippen LogP contribution is -2.23. The van der Waals surface area contributed by atoms with Gasteiger partial charge in [-0.3, -0.25) is 0 Å². The van der Waals surface area contributed by atoms with Crippen LogP contribution in [0, 0.1) is 5.92 Å². The van der Waals surface area contributed by atoms with Gasteiger partial charge in [-0.25, -0.2) is 0 Å². The number of hydrogen-bond donors (Lipinski definition) is 1. The Morgan fingerprint density at radius 1 is 1.28 bits per heavy atom. The molecule has 1 aliphatic carbocycles. The zero-order valence-corrected chi connectivity index (χ0v) is 11.5. The van der Waals surface area contributed by atoms with Gasteiger partial charge in [-0.05, 0) is 31.4 Å². The summed E-state index contributed by atoms with van der Waals surface area (Å²) in [6.45, 7) is 2.24. The summed E-state index contributed by atoms with van der Waals surface area (Å²) in [5, 5.41) is 3.53. The first-order valence-electron chi connectivity index (χ1n) is 6.71. The highest BCUT2D eigenvalue weighted by molar-refractivity contribution is 5.59. The van der Waals surface area contributed by atoms with E-state index < -0.39 is 0 Å². The molecule has 1 aliphatic rings. The Bertz CT molecular complexity index is 388. The average molecular weight is 249 g/mol. The van der Waals surface area contributed by atoms with Gasteiger partial charge in [0.15, 0.2) is 0 Å². The van der Waals surface area contributed by atoms with Crippen LogP contribution in [0.5, 0.6) is 11.5 Å². The number of anilines is 1. The molecule has 0 bridgehead atoms. The number of benzene rings is 1. The topological polar surface area (TPSA) is 30.5 Å². The molecule has 0 saturated heterocycles. The van der Waals surface area contributed by atoms with Crippen LogP contribution in [-0.4, -0.2) is 20.3 Å². The van der Waals surface area contributed by atoms with E-state index in [-0.39, 0.29) is 0 Å². The molecule has 0 spiro atoms. The van der Waals surface area contributed by atoms with Crippen LogP contribution >= 0.6 is 0 Å². The number of nitrogens with one attached hydrogen (secondary N) is 1. The van der Waals surface area contributed by atoms with Gasteiger partial charge >= 0.3 is 0 Å². The predicted octanol–water partition coefficient (Wildman–Crippen LogP) is 3.69. The molecule has 2 rings (SSSR count). The number of ether oxygens (including phenoxy) is 2. The van der Waals surface area contributed by atoms with E-state index in [2.05, 4.69) is 12.2 Å². The Morgan fingerprint density at radius 2 is 2.06 bits per heavy atom. The lowest BCUT2D eigenvalue weighted by Gasteiger charge is -2.29. The van der Waals surface area contributed by atoms with Crippen LogP contribution in [0.4, 0.5) is 5.69 Å². The smallest absolute Gasteiger partial charge is 0.145 e. The monoisotopic (exact) mass is 249 g/mol. The van der Waals surface area contributed by atoms with Crippen LogP contribution < -0.4 is 14.8 Å². The summed E-state index contributed by atoms with van der Waals surface area (Å²) in [7, 11) is 3.36. The van der Waals surface area contributed by atoms with Crippen molar-refractivity contribution in [3.63, 3.8) is 0 Å². The van der Waals surface area contributed by atoms with Crippen LogP contribution in [0.25, 0.3) is 0 Å². The van der Waals surface area contributed by atoms with Crippen molar-refractivity contribution in [1.82, 2.24) is 0 Å². The van der Waals surface area contributed by atoms with Crippen molar-refractivity contribution in [3.05, 3.63) is 18.2 Å². The molecule has 1 aromatic carbocycles. The maximum absolute atomic E-state index is 5.39. The van der Waals surface area contributed by atoms with Crippen molar-refractivity contribution >= 4 is 5.69 Å². The molecule has 1 N–H and O–H groups in total. The lowest BCUT2D eigenvalue weighted by atomic mass is 9.81. The first-order chi connectivity index (χ1) is 8.72. The zero-order valence-electron chi connectivity index (χ0n) is 11.5. The maximum Gasteiger partial charge on any atom is 0.145 e. The van der Waals surface area contributed by atoms with E-state index in [1.165, 1.54) is 25.7 Å². The van der Waals surface area contributed by atoms with Crippen molar-refractivity contribution in [2.24, 2.45) is 5.92 Å². The van der Waals surface area contributed by atoms with Crippen molar-refractivity contribution in [2.75, 3.05) is 19.5 Å². The Kier molecular flexibility index (Phi) is 4.34. The van der Waals surface area contributed by atoms with E-state index >= 15 is 0 Å². The Hall–Kier alpha value is -1.38. The molecule has 0 aliphatic heterocycles. The third kappa shape index (κ3) is 3.09. The second-order valence-electron chi connectivity index (χ2n) is 5.14. The van der Waals surface area contributed by atoms with Crippen molar-refractivity contribution in [3.8, 4) is 11.5 Å². The van der Waals surface area contributed by atoms with E-state index in [4.69, 9.17) is 9.47 Å². The zero-order chi connectivity index (χ0) is 13.0. The van der Waals surface area contributed by atoms with E-state index in [0.29, 0.717) is 6.04 Å². The minimum Gasteiger partial charge on any atom is -0.497 e. The normalized spacial score (nSPS) is 16.8. The third-order valence-electron chi connectivity index (χ3n) is 3.72. The fourth-order valence-corrected chi connectivity index (χ4v) is 2.47. The molecule has 1 saturated carbocycles. The summed E-state index contributed by atoms with van der Waals surface area (Å²) in [4.78, 5) is 0. The summed E-state index contributed by atoms with van der Waals surface area (Å²) in [5.41, 5.74) is 1.05. The van der Waals surface area contributed by atoms with Gasteiger partial charge < -0.3 is 14.8 Å². The van der Waals surface area contributed by atoms with Gasteiger partial charge in [0.2, 0.25) is 0 Å². The molecule has 1 atom stereocenters. The average Bonchev–Trinajstić information content (AvgIpc) is 2.34. The van der Waals surface area contributed by atoms with Gasteiger partial charge in [0.1, 0.15) is 11.5 Å². The van der Waals surface area contributed by atoms with Crippen LogP contribution in [0.2, 0.25) is 0 Å². The summed E-state index contributed by atoms with van der Waals surface area (Å²) in [6, 6.07) is 6.38. The molecular weight excluding hydrogens is 226 g/mol. The summed E-state index contributed by atoms with van der Waals surface area (Å²) in [5.74, 6) is 2.58. The SMILES string of the molecule is COc1ccc(NC(C)CC2CCC2)c(OC)c1. The third-order valence-corrected chi connectivity index (χ3v) is 3.72. The number of rotatable bonds is 6. The van der Waals surface area contributed by atoms with E-state index in [1.807, 2.05) is 18.2 Å². The lowest BCUT2D eigenvalue weighted by molar-refractivity contribution is 0.285. The molecule has 3 heteroatoms. The Labute approximate surface area is 109 Å². The summed E-state index contributed by atoms with van der Waals surface area (Å²) in [6.07, 6.45) is 5.44. The minimum absolute atomic E-state index is 0.484. The van der Waals surface area contributed by atoms with E-state index in [1.54, 1.807) is 14.2 Å². The molecule has 1 fully saturated rings. The molecule has 1 aromatic rings. The first kappa shape index (κ1) is 13.1. The second kappa shape index (κ2) is 5.98. The quantitative estimate of drug-likeness (QED) is 0.834. The predicted molar refractivity (Wildman–Crippen MR) is 74.6 cm³/mol. The fourth-order valence-electron chi connectivity index (χ4n) is 2.47. The van der Waals surface area contributed by atoms with Gasteiger partial charge in [0.25, 0.3) is 0 Å². The molecule has 0 aromatic heterocycles. The van der Waals surface area contributed by atoms with Gasteiger partial charge in [0.05, 0.1) is 19.9 Å². The molecule has 1 unspecified atom stereocenters. The standard InChI is InChI=1S/C15H23NO2/c1-11(9-12-5-4-6-12)16-14-8-7-13(17-2)10-15(14)18-3/h7-8,10-12,16H,4-6,9H2,1-3H3. The first-order valence-corrected chi connectivity index (χ1v) is 6.71. The van der Waals surface area contributed by atoms with Crippen molar-refractivity contribution in [2.45, 2.75) is 38.6 Å². The van der Waals surface area contributed by atoms with E-state index in [0.717, 1.165) is 23.1 Å². The van der Waals surface area contributed by atoms with Gasteiger partial charge in [0, 0.05) is 12.1 Å². The second-order valence-corrected chi connectivity index (χ2v) is 5.14. The largest absolute Gasteiger partial charge is 0.497 e. The van der Waals surface area contributed by atoms with Gasteiger partial charge in [-0.1, -0.05) is 19.3 Å². The van der Waals surface area contributed by atoms with Crippen molar-refractivity contribution < 1.29 is 9.47 Å². The van der Waals surface area contributed by atoms with Crippen LogP contribution in [0.15, 0.2) is 18.2 Å². The molecule has 0 radical (unpaired) electrons. The molecule has 0 heterocycles. The Morgan fingerprint density at radius 3 is 2.61 bits per heavy atom. The van der Waals surface area contributed by atoms with Crippen LogP contribution in [0.3, 0.4) is 0 Å². The molecule has 0 amide bonds. The maximum atomic E-state index is 5.39. The van der Waals surface area contributed by atoms with Crippen molar-refractivity contribution in [1.29, 1.82) is 0 Å². The highest BCUT2D eigenvalue weighted by Gasteiger charge is 2.20. The number of methoxy groups -OCH3 is 2. The molecule has 3 nitrogen and oxygen atoms in total. The highest BCUT2D eigenvalue weighted by Crippen LogP contribution is 2.33.